The van der Waals surface area contributed by atoms with E-state index >= 15 is 0 Å². The van der Waals surface area contributed by atoms with Gasteiger partial charge in [0.2, 0.25) is 10.0 Å². The lowest BCUT2D eigenvalue weighted by Crippen LogP contribution is -2.37. The molecule has 0 aromatic heterocycles. The minimum Gasteiger partial charge on any atom is -0.389 e. The smallest absolute Gasteiger partial charge is 0.208 e. The van der Waals surface area contributed by atoms with Crippen molar-refractivity contribution in [3.63, 3.8) is 0 Å². The van der Waals surface area contributed by atoms with E-state index in [-0.39, 0.29) is 6.10 Å². The molecule has 20 heavy (non-hydrogen) atoms. The summed E-state index contributed by atoms with van der Waals surface area (Å²) in [6.07, 6.45) is 5.44. The summed E-state index contributed by atoms with van der Waals surface area (Å²) in [5, 5.41) is 12.8. The van der Waals surface area contributed by atoms with E-state index in [1.807, 2.05) is 0 Å². The maximum atomic E-state index is 10.8. The molecule has 0 aliphatic heterocycles. The summed E-state index contributed by atoms with van der Waals surface area (Å²) in [6, 6.07) is 0. The van der Waals surface area contributed by atoms with Crippen LogP contribution in [0, 0.1) is 5.92 Å². The number of sulfonamides is 1. The van der Waals surface area contributed by atoms with Crippen molar-refractivity contribution < 1.29 is 18.3 Å². The summed E-state index contributed by atoms with van der Waals surface area (Å²) in [7, 11) is -3.13. The van der Waals surface area contributed by atoms with Crippen molar-refractivity contribution in [2.75, 3.05) is 32.5 Å². The van der Waals surface area contributed by atoms with Crippen LogP contribution < -0.4 is 10.0 Å². The highest BCUT2D eigenvalue weighted by Crippen LogP contribution is 2.25. The molecular formula is C13H28N2O4S. The molecule has 0 amide bonds. The molecule has 0 saturated heterocycles. The van der Waals surface area contributed by atoms with E-state index in [9.17, 15) is 13.5 Å². The molecule has 1 rings (SSSR count). The fraction of sp³-hybridized carbons (Fsp3) is 1.00. The highest BCUT2D eigenvalue weighted by atomic mass is 32.2. The molecular weight excluding hydrogens is 280 g/mol. The van der Waals surface area contributed by atoms with Crippen LogP contribution in [-0.4, -0.2) is 58.2 Å². The Hall–Kier alpha value is -0.210. The van der Waals surface area contributed by atoms with Crippen LogP contribution in [0.1, 0.15) is 32.6 Å². The van der Waals surface area contributed by atoms with Crippen LogP contribution in [0.25, 0.3) is 0 Å². The van der Waals surface area contributed by atoms with Crippen LogP contribution in [0.2, 0.25) is 0 Å². The van der Waals surface area contributed by atoms with Crippen molar-refractivity contribution in [3.05, 3.63) is 0 Å². The van der Waals surface area contributed by atoms with E-state index in [4.69, 9.17) is 4.74 Å². The number of aliphatic hydroxyl groups excluding tert-OH is 1. The normalized spacial score (nSPS) is 25.6. The summed E-state index contributed by atoms with van der Waals surface area (Å²) in [4.78, 5) is 0. The summed E-state index contributed by atoms with van der Waals surface area (Å²) in [5.74, 6) is 0.795. The molecule has 0 aromatic rings. The van der Waals surface area contributed by atoms with Gasteiger partial charge in [-0.15, -0.1) is 0 Å². The lowest BCUT2D eigenvalue weighted by Gasteiger charge is -2.27. The van der Waals surface area contributed by atoms with Gasteiger partial charge in [0, 0.05) is 19.6 Å². The van der Waals surface area contributed by atoms with Gasteiger partial charge in [-0.25, -0.2) is 13.1 Å². The maximum absolute atomic E-state index is 10.8. The van der Waals surface area contributed by atoms with Gasteiger partial charge in [-0.3, -0.25) is 0 Å². The van der Waals surface area contributed by atoms with Gasteiger partial charge in [-0.05, 0) is 31.6 Å². The fourth-order valence-corrected chi connectivity index (χ4v) is 2.77. The summed E-state index contributed by atoms with van der Waals surface area (Å²) in [6.45, 7) is 3.83. The minimum absolute atomic E-state index is 0.285. The first-order chi connectivity index (χ1) is 9.37. The third kappa shape index (κ3) is 8.86. The predicted molar refractivity (Wildman–Crippen MR) is 79.1 cm³/mol. The largest absolute Gasteiger partial charge is 0.389 e. The van der Waals surface area contributed by atoms with E-state index in [1.54, 1.807) is 0 Å². The van der Waals surface area contributed by atoms with Crippen molar-refractivity contribution in [1.29, 1.82) is 0 Å². The molecule has 3 N–H and O–H groups in total. The molecule has 0 spiro atoms. The Labute approximate surface area is 122 Å². The molecule has 0 bridgehead atoms. The fourth-order valence-electron chi connectivity index (χ4n) is 2.30. The first-order valence-corrected chi connectivity index (χ1v) is 9.21. The Morgan fingerprint density at radius 3 is 2.50 bits per heavy atom. The lowest BCUT2D eigenvalue weighted by atomic mass is 9.89. The third-order valence-electron chi connectivity index (χ3n) is 3.53. The van der Waals surface area contributed by atoms with Crippen LogP contribution in [0.15, 0.2) is 0 Å². The molecule has 1 atom stereocenters. The minimum atomic E-state index is -3.13. The zero-order chi connectivity index (χ0) is 15.0. The third-order valence-corrected chi connectivity index (χ3v) is 4.26. The quantitative estimate of drug-likeness (QED) is 0.525. The maximum Gasteiger partial charge on any atom is 0.208 e. The van der Waals surface area contributed by atoms with Crippen LogP contribution >= 0.6 is 0 Å². The van der Waals surface area contributed by atoms with Gasteiger partial charge in [-0.2, -0.15) is 0 Å². The lowest BCUT2D eigenvalue weighted by molar-refractivity contribution is -0.0277. The predicted octanol–water partition coefficient (Wildman–Crippen LogP) is 0.0814. The molecule has 6 nitrogen and oxygen atoms in total. The topological polar surface area (TPSA) is 87.7 Å². The van der Waals surface area contributed by atoms with Crippen molar-refractivity contribution in [2.45, 2.75) is 44.8 Å². The standard InChI is InChI=1S/C13H28N2O4S/c1-11-3-5-13(6-4-11)19-10-12(16)9-14-7-8-15-20(2,17)18/h11-16H,3-10H2,1-2H3. The van der Waals surface area contributed by atoms with Crippen molar-refractivity contribution in [1.82, 2.24) is 10.0 Å². The van der Waals surface area contributed by atoms with E-state index < -0.39 is 16.1 Å². The molecule has 0 aromatic carbocycles. The highest BCUT2D eigenvalue weighted by Gasteiger charge is 2.19. The number of ether oxygens (including phenoxy) is 1. The second-order valence-corrected chi connectivity index (χ2v) is 7.57. The van der Waals surface area contributed by atoms with Crippen molar-refractivity contribution >= 4 is 10.0 Å². The van der Waals surface area contributed by atoms with Crippen molar-refractivity contribution in [3.8, 4) is 0 Å². The molecule has 7 heteroatoms. The van der Waals surface area contributed by atoms with Crippen molar-refractivity contribution in [2.24, 2.45) is 5.92 Å². The highest BCUT2D eigenvalue weighted by molar-refractivity contribution is 7.88. The number of rotatable bonds is 9. The monoisotopic (exact) mass is 308 g/mol. The number of hydrogen-bond donors (Lipinski definition) is 3. The van der Waals surface area contributed by atoms with E-state index in [2.05, 4.69) is 17.0 Å². The van der Waals surface area contributed by atoms with E-state index in [1.165, 1.54) is 12.8 Å². The molecule has 1 fully saturated rings. The van der Waals surface area contributed by atoms with Gasteiger partial charge in [-0.1, -0.05) is 6.92 Å². The van der Waals surface area contributed by atoms with Gasteiger partial charge in [0.05, 0.1) is 25.1 Å². The number of nitrogens with one attached hydrogen (secondary N) is 2. The molecule has 1 saturated carbocycles. The zero-order valence-electron chi connectivity index (χ0n) is 12.5. The molecule has 120 valence electrons. The summed E-state index contributed by atoms with van der Waals surface area (Å²) >= 11 is 0. The number of hydrogen-bond acceptors (Lipinski definition) is 5. The van der Waals surface area contributed by atoms with E-state index in [0.717, 1.165) is 25.0 Å². The molecule has 1 aliphatic rings. The average Bonchev–Trinajstić information content (AvgIpc) is 2.36. The molecule has 0 heterocycles. The Morgan fingerprint density at radius 2 is 1.90 bits per heavy atom. The van der Waals surface area contributed by atoms with E-state index in [0.29, 0.717) is 26.2 Å². The number of aliphatic hydroxyl groups is 1. The zero-order valence-corrected chi connectivity index (χ0v) is 13.3. The first-order valence-electron chi connectivity index (χ1n) is 7.32. The van der Waals surface area contributed by atoms with Gasteiger partial charge in [0.1, 0.15) is 0 Å². The Morgan fingerprint density at radius 1 is 1.25 bits per heavy atom. The SMILES string of the molecule is CC1CCC(OCC(O)CNCCNS(C)(=O)=O)CC1. The molecule has 1 aliphatic carbocycles. The van der Waals surface area contributed by atoms with Gasteiger partial charge in [0.15, 0.2) is 0 Å². The van der Waals surface area contributed by atoms with Gasteiger partial charge in [0.25, 0.3) is 0 Å². The summed E-state index contributed by atoms with van der Waals surface area (Å²) < 4.78 is 29.7. The first kappa shape index (κ1) is 17.8. The van der Waals surface area contributed by atoms with Crippen LogP contribution in [-0.2, 0) is 14.8 Å². The molecule has 0 radical (unpaired) electrons. The second-order valence-electron chi connectivity index (χ2n) is 5.74. The average molecular weight is 308 g/mol. The molecule has 1 unspecified atom stereocenters. The Bertz CT molecular complexity index is 353. The van der Waals surface area contributed by atoms with Crippen LogP contribution in [0.3, 0.4) is 0 Å². The Balaban J connectivity index is 1.99. The van der Waals surface area contributed by atoms with Crippen LogP contribution in [0.5, 0.6) is 0 Å². The Kier molecular flexibility index (Phi) is 7.98. The summed E-state index contributed by atoms with van der Waals surface area (Å²) in [5.41, 5.74) is 0. The van der Waals surface area contributed by atoms with Gasteiger partial charge >= 0.3 is 0 Å². The van der Waals surface area contributed by atoms with Crippen LogP contribution in [0.4, 0.5) is 0 Å². The second kappa shape index (κ2) is 8.94. The van der Waals surface area contributed by atoms with Gasteiger partial charge < -0.3 is 15.2 Å².